The van der Waals surface area contributed by atoms with Crippen LogP contribution >= 0.6 is 0 Å². The monoisotopic (exact) mass is 471 g/mol. The SMILES string of the molecule is O=C(O)c1ccc2cc(NC(=O)[C@H]3CCCN3C(=O)Nc3ccc(C(F)(F)F)cc3)ccc2c1. The predicted molar refractivity (Wildman–Crippen MR) is 120 cm³/mol. The van der Waals surface area contributed by atoms with Gasteiger partial charge in [0.15, 0.2) is 0 Å². The molecule has 3 amide bonds. The summed E-state index contributed by atoms with van der Waals surface area (Å²) in [5.41, 5.74) is 0.0262. The highest BCUT2D eigenvalue weighted by Gasteiger charge is 2.34. The Hall–Kier alpha value is -4.08. The van der Waals surface area contributed by atoms with E-state index in [9.17, 15) is 27.6 Å². The fraction of sp³-hybridized carbons (Fsp3) is 0.208. The van der Waals surface area contributed by atoms with E-state index in [2.05, 4.69) is 10.6 Å². The molecule has 3 aromatic rings. The van der Waals surface area contributed by atoms with Gasteiger partial charge < -0.3 is 20.6 Å². The first-order chi connectivity index (χ1) is 16.1. The Labute approximate surface area is 192 Å². The number of aromatic carboxylic acids is 1. The molecule has 1 saturated heterocycles. The summed E-state index contributed by atoms with van der Waals surface area (Å²) in [5.74, 6) is -1.42. The lowest BCUT2D eigenvalue weighted by Gasteiger charge is -2.24. The quantitative estimate of drug-likeness (QED) is 0.488. The Morgan fingerprint density at radius 1 is 0.882 bits per heavy atom. The number of hydrogen-bond acceptors (Lipinski definition) is 3. The third kappa shape index (κ3) is 4.95. The van der Waals surface area contributed by atoms with Gasteiger partial charge >= 0.3 is 18.2 Å². The van der Waals surface area contributed by atoms with E-state index in [4.69, 9.17) is 5.11 Å². The maximum Gasteiger partial charge on any atom is 0.416 e. The highest BCUT2D eigenvalue weighted by Crippen LogP contribution is 2.30. The number of likely N-dealkylation sites (tertiary alicyclic amines) is 1. The fourth-order valence-corrected chi connectivity index (χ4v) is 3.90. The van der Waals surface area contributed by atoms with Gasteiger partial charge in [0, 0.05) is 17.9 Å². The lowest BCUT2D eigenvalue weighted by molar-refractivity contribution is -0.137. The minimum atomic E-state index is -4.47. The Balaban J connectivity index is 1.43. The minimum absolute atomic E-state index is 0.157. The molecule has 7 nitrogen and oxygen atoms in total. The Bertz CT molecular complexity index is 1260. The van der Waals surface area contributed by atoms with Gasteiger partial charge in [-0.15, -0.1) is 0 Å². The summed E-state index contributed by atoms with van der Waals surface area (Å²) in [4.78, 5) is 38.0. The summed E-state index contributed by atoms with van der Waals surface area (Å²) in [6.07, 6.45) is -3.42. The van der Waals surface area contributed by atoms with E-state index in [1.54, 1.807) is 24.3 Å². The van der Waals surface area contributed by atoms with Crippen molar-refractivity contribution in [3.05, 3.63) is 71.8 Å². The lowest BCUT2D eigenvalue weighted by Crippen LogP contribution is -2.45. The maximum atomic E-state index is 12.9. The van der Waals surface area contributed by atoms with Gasteiger partial charge in [0.2, 0.25) is 5.91 Å². The van der Waals surface area contributed by atoms with E-state index >= 15 is 0 Å². The minimum Gasteiger partial charge on any atom is -0.478 e. The second-order valence-electron chi connectivity index (χ2n) is 7.93. The molecule has 0 saturated carbocycles. The molecular formula is C24H20F3N3O4. The number of carbonyl (C=O) groups excluding carboxylic acids is 2. The highest BCUT2D eigenvalue weighted by atomic mass is 19.4. The molecule has 1 aliphatic heterocycles. The van der Waals surface area contributed by atoms with Crippen LogP contribution in [0.15, 0.2) is 60.7 Å². The fourth-order valence-electron chi connectivity index (χ4n) is 3.90. The van der Waals surface area contributed by atoms with E-state index in [1.165, 1.54) is 17.0 Å². The molecular weight excluding hydrogens is 451 g/mol. The van der Waals surface area contributed by atoms with Crippen LogP contribution in [-0.4, -0.2) is 40.5 Å². The van der Waals surface area contributed by atoms with Gasteiger partial charge in [0.1, 0.15) is 6.04 Å². The van der Waals surface area contributed by atoms with Crippen molar-refractivity contribution in [2.45, 2.75) is 25.1 Å². The third-order valence-corrected chi connectivity index (χ3v) is 5.63. The number of nitrogens with one attached hydrogen (secondary N) is 2. The van der Waals surface area contributed by atoms with Crippen molar-refractivity contribution in [3.63, 3.8) is 0 Å². The number of carbonyl (C=O) groups is 3. The number of fused-ring (bicyclic) bond motifs is 1. The summed E-state index contributed by atoms with van der Waals surface area (Å²) >= 11 is 0. The van der Waals surface area contributed by atoms with Crippen LogP contribution in [0.25, 0.3) is 10.8 Å². The molecule has 1 aliphatic rings. The average molecular weight is 471 g/mol. The van der Waals surface area contributed by atoms with Crippen LogP contribution in [-0.2, 0) is 11.0 Å². The molecule has 1 atom stereocenters. The van der Waals surface area contributed by atoms with E-state index in [-0.39, 0.29) is 17.2 Å². The summed E-state index contributed by atoms with van der Waals surface area (Å²) in [7, 11) is 0. The second kappa shape index (κ2) is 9.05. The molecule has 0 spiro atoms. The normalized spacial score (nSPS) is 15.9. The van der Waals surface area contributed by atoms with Crippen LogP contribution < -0.4 is 10.6 Å². The number of halogens is 3. The number of hydrogen-bond donors (Lipinski definition) is 3. The smallest absolute Gasteiger partial charge is 0.416 e. The molecule has 3 N–H and O–H groups in total. The molecule has 176 valence electrons. The number of urea groups is 1. The van der Waals surface area contributed by atoms with Crippen LogP contribution in [0.5, 0.6) is 0 Å². The number of alkyl halides is 3. The van der Waals surface area contributed by atoms with Crippen molar-refractivity contribution in [1.82, 2.24) is 4.90 Å². The second-order valence-corrected chi connectivity index (χ2v) is 7.93. The Morgan fingerprint density at radius 2 is 1.53 bits per heavy atom. The van der Waals surface area contributed by atoms with Crippen LogP contribution in [0, 0.1) is 0 Å². The first-order valence-corrected chi connectivity index (χ1v) is 10.4. The van der Waals surface area contributed by atoms with Gasteiger partial charge in [0.25, 0.3) is 0 Å². The molecule has 0 radical (unpaired) electrons. The molecule has 3 aromatic carbocycles. The largest absolute Gasteiger partial charge is 0.478 e. The van der Waals surface area contributed by atoms with Crippen molar-refractivity contribution in [2.24, 2.45) is 0 Å². The Morgan fingerprint density at radius 3 is 2.21 bits per heavy atom. The van der Waals surface area contributed by atoms with Gasteiger partial charge in [-0.1, -0.05) is 12.1 Å². The van der Waals surface area contributed by atoms with E-state index in [0.29, 0.717) is 30.5 Å². The first kappa shape index (κ1) is 23.1. The molecule has 0 bridgehead atoms. The van der Waals surface area contributed by atoms with E-state index < -0.39 is 29.8 Å². The van der Waals surface area contributed by atoms with Crippen LogP contribution in [0.1, 0.15) is 28.8 Å². The zero-order chi connectivity index (χ0) is 24.5. The van der Waals surface area contributed by atoms with Gasteiger partial charge in [-0.25, -0.2) is 9.59 Å². The van der Waals surface area contributed by atoms with E-state index in [1.807, 2.05) is 0 Å². The molecule has 0 aliphatic carbocycles. The molecule has 4 rings (SSSR count). The third-order valence-electron chi connectivity index (χ3n) is 5.63. The summed E-state index contributed by atoms with van der Waals surface area (Å²) in [6, 6.07) is 12.5. The summed E-state index contributed by atoms with van der Waals surface area (Å²) < 4.78 is 38.2. The topological polar surface area (TPSA) is 98.7 Å². The van der Waals surface area contributed by atoms with Crippen molar-refractivity contribution >= 4 is 40.1 Å². The number of amides is 3. The Kier molecular flexibility index (Phi) is 6.14. The van der Waals surface area contributed by atoms with Crippen molar-refractivity contribution in [1.29, 1.82) is 0 Å². The molecule has 0 unspecified atom stereocenters. The standard InChI is InChI=1S/C24H20F3N3O4/c25-24(26,27)17-6-9-18(10-7-17)29-23(34)30-11-1-2-20(30)21(31)28-19-8-5-14-12-16(22(32)33)4-3-15(14)13-19/h3-10,12-13,20H,1-2,11H2,(H,28,31)(H,29,34)(H,32,33)/t20-/m1/s1. The molecule has 0 aromatic heterocycles. The molecule has 1 fully saturated rings. The summed E-state index contributed by atoms with van der Waals surface area (Å²) in [6.45, 7) is 0.334. The van der Waals surface area contributed by atoms with Gasteiger partial charge in [-0.2, -0.15) is 13.2 Å². The average Bonchev–Trinajstić information content (AvgIpc) is 3.29. The first-order valence-electron chi connectivity index (χ1n) is 10.4. The number of nitrogens with zero attached hydrogens (tertiary/aromatic N) is 1. The number of benzene rings is 3. The molecule has 1 heterocycles. The number of anilines is 2. The van der Waals surface area contributed by atoms with Crippen molar-refractivity contribution in [2.75, 3.05) is 17.2 Å². The van der Waals surface area contributed by atoms with Crippen LogP contribution in [0.3, 0.4) is 0 Å². The predicted octanol–water partition coefficient (Wildman–Crippen LogP) is 5.19. The van der Waals surface area contributed by atoms with Crippen molar-refractivity contribution in [3.8, 4) is 0 Å². The van der Waals surface area contributed by atoms with Crippen LogP contribution in [0.4, 0.5) is 29.3 Å². The number of carboxylic acid groups (broad SMARTS) is 1. The highest BCUT2D eigenvalue weighted by molar-refractivity contribution is 6.01. The van der Waals surface area contributed by atoms with Crippen molar-refractivity contribution < 1.29 is 32.7 Å². The van der Waals surface area contributed by atoms with Gasteiger partial charge in [-0.05, 0) is 72.1 Å². The zero-order valence-electron chi connectivity index (χ0n) is 17.7. The summed E-state index contributed by atoms with van der Waals surface area (Å²) in [5, 5.41) is 15.9. The van der Waals surface area contributed by atoms with Crippen LogP contribution in [0.2, 0.25) is 0 Å². The number of carboxylic acids is 1. The van der Waals surface area contributed by atoms with E-state index in [0.717, 1.165) is 29.7 Å². The lowest BCUT2D eigenvalue weighted by atomic mass is 10.1. The van der Waals surface area contributed by atoms with Gasteiger partial charge in [-0.3, -0.25) is 4.79 Å². The zero-order valence-corrected chi connectivity index (χ0v) is 17.7. The number of rotatable bonds is 4. The molecule has 10 heteroatoms. The van der Waals surface area contributed by atoms with Gasteiger partial charge in [0.05, 0.1) is 11.1 Å². The maximum absolute atomic E-state index is 12.9. The molecule has 34 heavy (non-hydrogen) atoms.